The third-order valence-corrected chi connectivity index (χ3v) is 6.99. The van der Waals surface area contributed by atoms with Crippen molar-refractivity contribution < 1.29 is 4.42 Å². The van der Waals surface area contributed by atoms with Crippen molar-refractivity contribution in [2.75, 3.05) is 23.3 Å². The third kappa shape index (κ3) is 2.86. The average molecular weight is 427 g/mol. The molecule has 32 heavy (non-hydrogen) atoms. The Balaban J connectivity index is 1.01. The summed E-state index contributed by atoms with van der Waals surface area (Å²) in [5.41, 5.74) is 4.49. The Morgan fingerprint density at radius 1 is 1.03 bits per heavy atom. The first-order chi connectivity index (χ1) is 15.8. The van der Waals surface area contributed by atoms with Crippen LogP contribution >= 0.6 is 0 Å². The first-order valence-electron chi connectivity index (χ1n) is 10.9. The van der Waals surface area contributed by atoms with Gasteiger partial charge in [0, 0.05) is 31.4 Å². The number of aromatic nitrogens is 7. The van der Waals surface area contributed by atoms with Gasteiger partial charge in [-0.1, -0.05) is 29.4 Å². The molecule has 7 rings (SSSR count). The molecule has 1 unspecified atom stereocenters. The van der Waals surface area contributed by atoms with Crippen molar-refractivity contribution in [1.29, 1.82) is 0 Å². The number of anilines is 2. The van der Waals surface area contributed by atoms with Gasteiger partial charge in [0.05, 0.1) is 23.5 Å². The normalized spacial score (nSPS) is 25.6. The number of nitrogens with one attached hydrogen (secondary N) is 2. The zero-order valence-corrected chi connectivity index (χ0v) is 17.2. The summed E-state index contributed by atoms with van der Waals surface area (Å²) in [6.45, 7) is 1.79. The van der Waals surface area contributed by atoms with Crippen LogP contribution in [-0.4, -0.2) is 48.7 Å². The molecule has 4 aromatic rings. The fourth-order valence-corrected chi connectivity index (χ4v) is 5.33. The SMILES string of the molecule is c1ccc2c(c1)CC[C@H]2Nc1ncc(-c2nnc(N3C[C@@H]4C(c5cn[nH]n5)[C@@H]4C3)o2)cn1. The van der Waals surface area contributed by atoms with E-state index in [1.54, 1.807) is 12.4 Å². The fraction of sp³-hybridized carbons (Fsp3) is 0.364. The summed E-state index contributed by atoms with van der Waals surface area (Å²) < 4.78 is 5.94. The molecule has 1 aliphatic heterocycles. The number of benzene rings is 1. The fourth-order valence-electron chi connectivity index (χ4n) is 5.33. The monoisotopic (exact) mass is 427 g/mol. The lowest BCUT2D eigenvalue weighted by molar-refractivity contribution is 0.543. The summed E-state index contributed by atoms with van der Waals surface area (Å²) in [5, 5.41) is 22.8. The smallest absolute Gasteiger partial charge is 0.318 e. The zero-order valence-electron chi connectivity index (χ0n) is 17.2. The minimum absolute atomic E-state index is 0.245. The average Bonchev–Trinajstić information content (AvgIpc) is 3.46. The number of nitrogens with zero attached hydrogens (tertiary/aromatic N) is 7. The highest BCUT2D eigenvalue weighted by Gasteiger charge is 2.58. The van der Waals surface area contributed by atoms with Gasteiger partial charge < -0.3 is 14.6 Å². The zero-order chi connectivity index (χ0) is 21.1. The van der Waals surface area contributed by atoms with Crippen LogP contribution in [0.1, 0.15) is 35.2 Å². The standard InChI is InChI=1S/C22H21N9O/c1-2-4-14-12(3-1)5-6-17(14)26-21-23-7-13(8-24-21)20-28-29-22(32-20)31-10-15-16(11-31)19(15)18-9-25-30-27-18/h1-4,7-9,15-17,19H,5-6,10-11H2,(H,23,24,26)(H,25,27,30)/t15-,16+,17-,19?/m1/s1. The van der Waals surface area contributed by atoms with Gasteiger partial charge in [-0.15, -0.1) is 5.10 Å². The molecule has 1 saturated carbocycles. The van der Waals surface area contributed by atoms with E-state index in [1.807, 2.05) is 6.20 Å². The second-order valence-electron chi connectivity index (χ2n) is 8.77. The second kappa shape index (κ2) is 6.84. The Kier molecular flexibility index (Phi) is 3.81. The van der Waals surface area contributed by atoms with Crippen molar-refractivity contribution in [3.05, 3.63) is 59.7 Å². The Bertz CT molecular complexity index is 1240. The Hall–Kier alpha value is -3.82. The van der Waals surface area contributed by atoms with Crippen molar-refractivity contribution in [1.82, 2.24) is 35.6 Å². The van der Waals surface area contributed by atoms with Crippen molar-refractivity contribution in [3.8, 4) is 11.5 Å². The Morgan fingerprint density at radius 3 is 2.69 bits per heavy atom. The highest BCUT2D eigenvalue weighted by Crippen LogP contribution is 2.58. The van der Waals surface area contributed by atoms with Crippen LogP contribution in [0.3, 0.4) is 0 Å². The van der Waals surface area contributed by atoms with Crippen molar-refractivity contribution >= 4 is 12.0 Å². The van der Waals surface area contributed by atoms with Gasteiger partial charge in [-0.2, -0.15) is 15.4 Å². The first kappa shape index (κ1) is 17.8. The lowest BCUT2D eigenvalue weighted by atomic mass is 10.1. The molecule has 0 spiro atoms. The molecule has 4 atom stereocenters. The van der Waals surface area contributed by atoms with Gasteiger partial charge in [-0.05, 0) is 35.8 Å². The van der Waals surface area contributed by atoms with E-state index >= 15 is 0 Å². The van der Waals surface area contributed by atoms with Crippen LogP contribution in [0.15, 0.2) is 47.3 Å². The van der Waals surface area contributed by atoms with Gasteiger partial charge in [0.25, 0.3) is 5.89 Å². The van der Waals surface area contributed by atoms with E-state index < -0.39 is 0 Å². The van der Waals surface area contributed by atoms with Crippen molar-refractivity contribution in [2.24, 2.45) is 11.8 Å². The van der Waals surface area contributed by atoms with E-state index in [-0.39, 0.29) is 6.04 Å². The number of piperidine rings is 1. The lowest BCUT2D eigenvalue weighted by Gasteiger charge is -2.15. The molecule has 3 aliphatic rings. The molecule has 10 nitrogen and oxygen atoms in total. The molecule has 0 amide bonds. The maximum Gasteiger partial charge on any atom is 0.318 e. The third-order valence-electron chi connectivity index (χ3n) is 6.99. The highest BCUT2D eigenvalue weighted by molar-refractivity contribution is 5.52. The van der Waals surface area contributed by atoms with E-state index in [9.17, 15) is 0 Å². The molecule has 1 aromatic carbocycles. The van der Waals surface area contributed by atoms with Crippen molar-refractivity contribution in [3.63, 3.8) is 0 Å². The minimum Gasteiger partial charge on any atom is -0.403 e. The van der Waals surface area contributed by atoms with Crippen LogP contribution < -0.4 is 10.2 Å². The molecule has 0 radical (unpaired) electrons. The molecular weight excluding hydrogens is 406 g/mol. The predicted molar refractivity (Wildman–Crippen MR) is 115 cm³/mol. The predicted octanol–water partition coefficient (Wildman–Crippen LogP) is 2.59. The molecule has 1 saturated heterocycles. The number of hydrogen-bond donors (Lipinski definition) is 2. The molecule has 0 bridgehead atoms. The molecule has 4 heterocycles. The summed E-state index contributed by atoms with van der Waals surface area (Å²) in [7, 11) is 0. The van der Waals surface area contributed by atoms with Crippen LogP contribution in [0.2, 0.25) is 0 Å². The Morgan fingerprint density at radius 2 is 1.88 bits per heavy atom. The van der Waals surface area contributed by atoms with Crippen LogP contribution in [0.5, 0.6) is 0 Å². The minimum atomic E-state index is 0.245. The maximum absolute atomic E-state index is 5.94. The van der Waals surface area contributed by atoms with Crippen LogP contribution in [0.4, 0.5) is 12.0 Å². The van der Waals surface area contributed by atoms with E-state index in [4.69, 9.17) is 4.42 Å². The summed E-state index contributed by atoms with van der Waals surface area (Å²) in [6.07, 6.45) is 7.41. The second-order valence-corrected chi connectivity index (χ2v) is 8.77. The van der Waals surface area contributed by atoms with Gasteiger partial charge in [0.2, 0.25) is 5.95 Å². The van der Waals surface area contributed by atoms with Gasteiger partial charge in [-0.3, -0.25) is 0 Å². The number of rotatable bonds is 5. The maximum atomic E-state index is 5.94. The number of fused-ring (bicyclic) bond motifs is 2. The lowest BCUT2D eigenvalue weighted by Crippen LogP contribution is -2.23. The summed E-state index contributed by atoms with van der Waals surface area (Å²) in [6, 6.07) is 9.32. The molecule has 2 fully saturated rings. The molecule has 160 valence electrons. The van der Waals surface area contributed by atoms with E-state index in [2.05, 4.69) is 70.1 Å². The van der Waals surface area contributed by atoms with Gasteiger partial charge in [0.1, 0.15) is 0 Å². The molecular formula is C22H21N9O. The largest absolute Gasteiger partial charge is 0.403 e. The number of hydrogen-bond acceptors (Lipinski definition) is 9. The van der Waals surface area contributed by atoms with E-state index in [0.717, 1.165) is 31.6 Å². The molecule has 3 aromatic heterocycles. The number of H-pyrrole nitrogens is 1. The van der Waals surface area contributed by atoms with E-state index in [1.165, 1.54) is 11.1 Å². The highest BCUT2D eigenvalue weighted by atomic mass is 16.4. The topological polar surface area (TPSA) is 122 Å². The summed E-state index contributed by atoms with van der Waals surface area (Å²) >= 11 is 0. The first-order valence-corrected chi connectivity index (χ1v) is 10.9. The molecule has 10 heteroatoms. The van der Waals surface area contributed by atoms with Gasteiger partial charge >= 0.3 is 6.01 Å². The summed E-state index contributed by atoms with van der Waals surface area (Å²) in [4.78, 5) is 11.1. The van der Waals surface area contributed by atoms with Crippen LogP contribution in [-0.2, 0) is 6.42 Å². The molecule has 2 N–H and O–H groups in total. The summed E-state index contributed by atoms with van der Waals surface area (Å²) in [5.74, 6) is 2.68. The van der Waals surface area contributed by atoms with Crippen molar-refractivity contribution in [2.45, 2.75) is 24.8 Å². The Labute approximate surface area is 183 Å². The number of aryl methyl sites for hydroxylation is 1. The van der Waals surface area contributed by atoms with Crippen LogP contribution in [0.25, 0.3) is 11.5 Å². The van der Waals surface area contributed by atoms with Crippen LogP contribution in [0, 0.1) is 11.8 Å². The number of aromatic amines is 1. The quantitative estimate of drug-likeness (QED) is 0.495. The molecule has 2 aliphatic carbocycles. The van der Waals surface area contributed by atoms with Gasteiger partial charge in [-0.25, -0.2) is 9.97 Å². The van der Waals surface area contributed by atoms with E-state index in [0.29, 0.717) is 41.2 Å². The van der Waals surface area contributed by atoms with Gasteiger partial charge in [0.15, 0.2) is 0 Å².